The van der Waals surface area contributed by atoms with E-state index in [1.165, 1.54) is 25.1 Å². The van der Waals surface area contributed by atoms with Crippen molar-refractivity contribution in [3.63, 3.8) is 0 Å². The monoisotopic (exact) mass is 345 g/mol. The van der Waals surface area contributed by atoms with Gasteiger partial charge in [0.05, 0.1) is 31.4 Å². The van der Waals surface area contributed by atoms with Crippen LogP contribution in [0.25, 0.3) is 0 Å². The van der Waals surface area contributed by atoms with Gasteiger partial charge in [0.15, 0.2) is 0 Å². The standard InChI is InChI=1S/C14H11B4N3O5/c1-6-7(3-2-4-8(6)19)9(23)21(5-22)13(26)11(25)20-10(24)12(15,16)14(13,17)18/h2-5,26H,19H2,1H3,(H,20,24,25)/t13-/m0/s1. The number of nitrogens with one attached hydrogen (secondary N) is 1. The van der Waals surface area contributed by atoms with Gasteiger partial charge in [0.1, 0.15) is 0 Å². The molecule has 0 aliphatic carbocycles. The van der Waals surface area contributed by atoms with Crippen LogP contribution in [0.2, 0.25) is 10.4 Å². The molecule has 1 fully saturated rings. The molecule has 8 radical (unpaired) electrons. The second kappa shape index (κ2) is 6.05. The van der Waals surface area contributed by atoms with Crippen LogP contribution in [-0.4, -0.2) is 71.2 Å². The van der Waals surface area contributed by atoms with Crippen LogP contribution in [0.15, 0.2) is 18.2 Å². The lowest BCUT2D eigenvalue weighted by molar-refractivity contribution is -0.173. The smallest absolute Gasteiger partial charge is 0.279 e. The van der Waals surface area contributed by atoms with Gasteiger partial charge in [-0.3, -0.25) is 24.5 Å². The van der Waals surface area contributed by atoms with E-state index in [9.17, 15) is 24.3 Å². The Balaban J connectivity index is 2.66. The molecule has 4 amide bonds. The van der Waals surface area contributed by atoms with E-state index in [-0.39, 0.29) is 28.1 Å². The van der Waals surface area contributed by atoms with E-state index in [1.54, 1.807) is 5.32 Å². The number of nitrogens with two attached hydrogens (primary N) is 1. The number of amides is 4. The molecule has 12 heteroatoms. The first kappa shape index (κ1) is 19.8. The summed E-state index contributed by atoms with van der Waals surface area (Å²) in [5.41, 5.74) is 2.82. The second-order valence-electron chi connectivity index (χ2n) is 5.99. The summed E-state index contributed by atoms with van der Waals surface area (Å²) in [4.78, 5) is 48.5. The molecular formula is C14H11B4N3O5. The highest BCUT2D eigenvalue weighted by Gasteiger charge is 2.65. The number of piperidine rings is 1. The molecule has 1 aromatic carbocycles. The van der Waals surface area contributed by atoms with Gasteiger partial charge < -0.3 is 10.8 Å². The first-order chi connectivity index (χ1) is 11.8. The van der Waals surface area contributed by atoms with E-state index in [1.807, 2.05) is 0 Å². The lowest BCUT2D eigenvalue weighted by atomic mass is 9.25. The van der Waals surface area contributed by atoms with E-state index in [0.717, 1.165) is 0 Å². The molecule has 4 N–H and O–H groups in total. The van der Waals surface area contributed by atoms with Gasteiger partial charge >= 0.3 is 0 Å². The van der Waals surface area contributed by atoms with Crippen molar-refractivity contribution in [1.82, 2.24) is 10.2 Å². The molecule has 0 spiro atoms. The summed E-state index contributed by atoms with van der Waals surface area (Å²) in [6.07, 6.45) is -0.176. The number of aliphatic hydroxyl groups is 1. The van der Waals surface area contributed by atoms with Crippen molar-refractivity contribution in [2.24, 2.45) is 0 Å². The Morgan fingerprint density at radius 3 is 2.35 bits per heavy atom. The number of nitrogens with zero attached hydrogens (tertiary/aromatic N) is 1. The van der Waals surface area contributed by atoms with Gasteiger partial charge in [-0.2, -0.15) is 0 Å². The van der Waals surface area contributed by atoms with Crippen LogP contribution in [0.3, 0.4) is 0 Å². The highest BCUT2D eigenvalue weighted by molar-refractivity contribution is 6.64. The van der Waals surface area contributed by atoms with Gasteiger partial charge in [-0.1, -0.05) is 6.07 Å². The number of nitrogen functional groups attached to an aromatic ring is 1. The molecule has 1 saturated heterocycles. The largest absolute Gasteiger partial charge is 0.398 e. The van der Waals surface area contributed by atoms with Gasteiger partial charge in [0, 0.05) is 11.3 Å². The summed E-state index contributed by atoms with van der Waals surface area (Å²) in [6.45, 7) is 1.48. The summed E-state index contributed by atoms with van der Waals surface area (Å²) in [6, 6.07) is 4.22. The van der Waals surface area contributed by atoms with Crippen LogP contribution in [0, 0.1) is 6.92 Å². The average Bonchev–Trinajstić information content (AvgIpc) is 2.55. The molecule has 8 nitrogen and oxygen atoms in total. The van der Waals surface area contributed by atoms with Crippen LogP contribution in [0.1, 0.15) is 15.9 Å². The molecule has 1 heterocycles. The van der Waals surface area contributed by atoms with Crippen molar-refractivity contribution < 1.29 is 24.3 Å². The SMILES string of the molecule is [B]C1([B])C(=O)NC(=O)[C@@](O)(N(C=O)C(=O)c2cccc(N)c2C)C1([B])[B]. The van der Waals surface area contributed by atoms with E-state index in [2.05, 4.69) is 0 Å². The fraction of sp³-hybridized carbons (Fsp3) is 0.286. The maximum absolute atomic E-state index is 12.8. The van der Waals surface area contributed by atoms with Gasteiger partial charge in [-0.25, -0.2) is 4.90 Å². The number of anilines is 1. The number of rotatable bonds is 3. The number of benzene rings is 1. The third-order valence-corrected chi connectivity index (χ3v) is 4.46. The summed E-state index contributed by atoms with van der Waals surface area (Å²) in [5, 5.41) is 6.88. The van der Waals surface area contributed by atoms with Crippen LogP contribution in [0.4, 0.5) is 5.69 Å². The molecule has 1 aliphatic heterocycles. The summed E-state index contributed by atoms with van der Waals surface area (Å²) in [5.74, 6) is -4.00. The molecule has 0 aromatic heterocycles. The Hall–Kier alpha value is -2.48. The number of imide groups is 2. The van der Waals surface area contributed by atoms with Crippen molar-refractivity contribution in [2.75, 3.05) is 5.73 Å². The summed E-state index contributed by atoms with van der Waals surface area (Å²) >= 11 is 0. The lowest BCUT2D eigenvalue weighted by Gasteiger charge is -2.57. The third-order valence-electron chi connectivity index (χ3n) is 4.46. The van der Waals surface area contributed by atoms with E-state index < -0.39 is 33.9 Å². The highest BCUT2D eigenvalue weighted by atomic mass is 16.3. The third kappa shape index (κ3) is 2.39. The molecular weight excluding hydrogens is 333 g/mol. The number of carbonyl (C=O) groups excluding carboxylic acids is 4. The Kier molecular flexibility index (Phi) is 4.62. The van der Waals surface area contributed by atoms with Gasteiger partial charge in [0.2, 0.25) is 18.0 Å². The second-order valence-corrected chi connectivity index (χ2v) is 5.99. The topological polar surface area (TPSA) is 130 Å². The Labute approximate surface area is 154 Å². The zero-order chi connectivity index (χ0) is 20.1. The van der Waals surface area contributed by atoms with Gasteiger partial charge in [-0.15, -0.1) is 0 Å². The minimum atomic E-state index is -3.26. The normalized spacial score (nSPS) is 23.8. The summed E-state index contributed by atoms with van der Waals surface area (Å²) < 4.78 is 0. The fourth-order valence-corrected chi connectivity index (χ4v) is 2.55. The highest BCUT2D eigenvalue weighted by Crippen LogP contribution is 2.54. The quantitative estimate of drug-likeness (QED) is 0.182. The molecule has 1 aromatic rings. The Morgan fingerprint density at radius 1 is 1.23 bits per heavy atom. The van der Waals surface area contributed by atoms with Crippen LogP contribution < -0.4 is 11.1 Å². The van der Waals surface area contributed by atoms with E-state index >= 15 is 0 Å². The molecule has 26 heavy (non-hydrogen) atoms. The average molecular weight is 345 g/mol. The molecule has 2 rings (SSSR count). The predicted octanol–water partition coefficient (Wildman–Crippen LogP) is -2.57. The maximum atomic E-state index is 12.8. The molecule has 1 atom stereocenters. The van der Waals surface area contributed by atoms with Gasteiger partial charge in [-0.05, 0) is 35.0 Å². The van der Waals surface area contributed by atoms with Crippen molar-refractivity contribution in [1.29, 1.82) is 0 Å². The number of hydrogen-bond acceptors (Lipinski definition) is 6. The molecule has 0 saturated carbocycles. The van der Waals surface area contributed by atoms with Gasteiger partial charge in [0.25, 0.3) is 11.8 Å². The molecule has 0 bridgehead atoms. The zero-order valence-corrected chi connectivity index (χ0v) is 13.7. The zero-order valence-electron chi connectivity index (χ0n) is 13.7. The van der Waals surface area contributed by atoms with Crippen molar-refractivity contribution >= 4 is 61.2 Å². The van der Waals surface area contributed by atoms with Crippen molar-refractivity contribution in [2.45, 2.75) is 23.1 Å². The van der Waals surface area contributed by atoms with Crippen molar-refractivity contribution in [3.8, 4) is 0 Å². The Morgan fingerprint density at radius 2 is 1.81 bits per heavy atom. The fourth-order valence-electron chi connectivity index (χ4n) is 2.55. The van der Waals surface area contributed by atoms with Crippen LogP contribution in [0.5, 0.6) is 0 Å². The minimum Gasteiger partial charge on any atom is -0.398 e. The molecule has 1 aliphatic rings. The molecule has 0 unspecified atom stereocenters. The van der Waals surface area contributed by atoms with E-state index in [4.69, 9.17) is 37.1 Å². The number of hydrogen-bond donors (Lipinski definition) is 3. The lowest BCUT2D eigenvalue weighted by Crippen LogP contribution is -2.75. The predicted molar refractivity (Wildman–Crippen MR) is 94.3 cm³/mol. The van der Waals surface area contributed by atoms with E-state index in [0.29, 0.717) is 0 Å². The van der Waals surface area contributed by atoms with Crippen molar-refractivity contribution in [3.05, 3.63) is 29.3 Å². The molecule has 124 valence electrons. The van der Waals surface area contributed by atoms with Crippen LogP contribution in [-0.2, 0) is 14.4 Å². The first-order valence-electron chi connectivity index (χ1n) is 7.21. The minimum absolute atomic E-state index is 0.0189. The Bertz CT molecular complexity index is 829. The number of carbonyl (C=O) groups is 4. The summed E-state index contributed by atoms with van der Waals surface area (Å²) in [7, 11) is 22.5. The first-order valence-corrected chi connectivity index (χ1v) is 7.21. The maximum Gasteiger partial charge on any atom is 0.279 e. The van der Waals surface area contributed by atoms with Crippen LogP contribution >= 0.6 is 0 Å².